The smallest absolute Gasteiger partial charge is 0.224 e. The second-order valence-electron chi connectivity index (χ2n) is 4.33. The summed E-state index contributed by atoms with van der Waals surface area (Å²) in [5.74, 6) is 0.00752. The number of hydrogen-bond donors (Lipinski definition) is 1. The van der Waals surface area contributed by atoms with Crippen LogP contribution in [-0.2, 0) is 4.79 Å². The highest BCUT2D eigenvalue weighted by Crippen LogP contribution is 2.30. The summed E-state index contributed by atoms with van der Waals surface area (Å²) in [6.45, 7) is 1.83. The van der Waals surface area contributed by atoms with Gasteiger partial charge in [-0.1, -0.05) is 30.4 Å². The second kappa shape index (κ2) is 5.38. The third kappa shape index (κ3) is 2.53. The molecule has 0 saturated carbocycles. The number of pyridine rings is 1. The molecule has 0 bridgehead atoms. The van der Waals surface area contributed by atoms with Crippen LogP contribution in [-0.4, -0.2) is 15.9 Å². The maximum absolute atomic E-state index is 11.4. The molecule has 5 heteroatoms. The third-order valence-electron chi connectivity index (χ3n) is 2.88. The van der Waals surface area contributed by atoms with E-state index in [0.29, 0.717) is 6.42 Å². The number of carbonyl (C=O) groups excluding carboxylic acids is 1. The van der Waals surface area contributed by atoms with E-state index < -0.39 is 0 Å². The van der Waals surface area contributed by atoms with Crippen molar-refractivity contribution in [2.75, 3.05) is 5.32 Å². The lowest BCUT2D eigenvalue weighted by atomic mass is 10.2. The van der Waals surface area contributed by atoms with E-state index in [1.165, 1.54) is 0 Å². The zero-order chi connectivity index (χ0) is 13.9. The summed E-state index contributed by atoms with van der Waals surface area (Å²) in [7, 11) is 0. The Bertz CT molecular complexity index is 733. The summed E-state index contributed by atoms with van der Waals surface area (Å²) in [6, 6.07) is 11.5. The number of rotatable bonds is 3. The summed E-state index contributed by atoms with van der Waals surface area (Å²) >= 11 is 1.55. The largest absolute Gasteiger partial charge is 0.326 e. The summed E-state index contributed by atoms with van der Waals surface area (Å²) in [5, 5.41) is 3.77. The van der Waals surface area contributed by atoms with Crippen LogP contribution in [0.15, 0.2) is 42.6 Å². The van der Waals surface area contributed by atoms with Gasteiger partial charge in [-0.05, 0) is 24.3 Å². The maximum Gasteiger partial charge on any atom is 0.224 e. The molecule has 0 aliphatic carbocycles. The van der Waals surface area contributed by atoms with E-state index in [2.05, 4.69) is 15.3 Å². The Hall–Kier alpha value is -2.27. The fourth-order valence-corrected chi connectivity index (χ4v) is 2.78. The quantitative estimate of drug-likeness (QED) is 0.797. The van der Waals surface area contributed by atoms with Gasteiger partial charge in [-0.25, -0.2) is 9.97 Å². The van der Waals surface area contributed by atoms with Gasteiger partial charge in [0.05, 0.1) is 0 Å². The first-order chi connectivity index (χ1) is 9.76. The number of fused-ring (bicyclic) bond motifs is 1. The zero-order valence-corrected chi connectivity index (χ0v) is 11.8. The van der Waals surface area contributed by atoms with E-state index in [1.807, 2.05) is 43.3 Å². The van der Waals surface area contributed by atoms with Crippen LogP contribution < -0.4 is 5.32 Å². The number of nitrogens with zero attached hydrogens (tertiary/aromatic N) is 2. The van der Waals surface area contributed by atoms with E-state index in [9.17, 15) is 4.79 Å². The lowest BCUT2D eigenvalue weighted by Gasteiger charge is -2.04. The van der Waals surface area contributed by atoms with Gasteiger partial charge >= 0.3 is 0 Å². The number of nitrogens with one attached hydrogen (secondary N) is 1. The monoisotopic (exact) mass is 283 g/mol. The minimum Gasteiger partial charge on any atom is -0.326 e. The van der Waals surface area contributed by atoms with Gasteiger partial charge in [0, 0.05) is 23.9 Å². The van der Waals surface area contributed by atoms with Crippen LogP contribution in [0, 0.1) is 0 Å². The standard InChI is InChI=1S/C15H13N3OS/c1-2-13(19)17-11-6-3-5-10(9-11)14-18-12-7-4-8-16-15(12)20-14/h3-9H,2H2,1H3,(H,17,19). The van der Waals surface area contributed by atoms with Crippen molar-refractivity contribution in [1.29, 1.82) is 0 Å². The average Bonchev–Trinajstić information content (AvgIpc) is 2.91. The number of hydrogen-bond acceptors (Lipinski definition) is 4. The van der Waals surface area contributed by atoms with E-state index in [-0.39, 0.29) is 5.91 Å². The van der Waals surface area contributed by atoms with Crippen LogP contribution in [0.25, 0.3) is 20.9 Å². The molecule has 0 radical (unpaired) electrons. The lowest BCUT2D eigenvalue weighted by Crippen LogP contribution is -2.09. The third-order valence-corrected chi connectivity index (χ3v) is 3.91. The van der Waals surface area contributed by atoms with Crippen LogP contribution in [0.4, 0.5) is 5.69 Å². The Kier molecular flexibility index (Phi) is 3.43. The van der Waals surface area contributed by atoms with Crippen LogP contribution in [0.1, 0.15) is 13.3 Å². The van der Waals surface area contributed by atoms with Crippen molar-refractivity contribution in [3.05, 3.63) is 42.6 Å². The highest BCUT2D eigenvalue weighted by atomic mass is 32.1. The predicted molar refractivity (Wildman–Crippen MR) is 81.8 cm³/mol. The van der Waals surface area contributed by atoms with Crippen LogP contribution in [0.3, 0.4) is 0 Å². The second-order valence-corrected chi connectivity index (χ2v) is 5.31. The first-order valence-electron chi connectivity index (χ1n) is 6.38. The first-order valence-corrected chi connectivity index (χ1v) is 7.20. The molecule has 3 rings (SSSR count). The molecule has 1 N–H and O–H groups in total. The molecule has 0 fully saturated rings. The molecule has 0 unspecified atom stereocenters. The van der Waals surface area contributed by atoms with Crippen molar-refractivity contribution >= 4 is 33.3 Å². The SMILES string of the molecule is CCC(=O)Nc1cccc(-c2nc3cccnc3s2)c1. The van der Waals surface area contributed by atoms with Crippen LogP contribution >= 0.6 is 11.3 Å². The van der Waals surface area contributed by atoms with Gasteiger partial charge in [0.25, 0.3) is 0 Å². The summed E-state index contributed by atoms with van der Waals surface area (Å²) in [6.07, 6.45) is 2.23. The van der Waals surface area contributed by atoms with Crippen molar-refractivity contribution in [2.24, 2.45) is 0 Å². The molecule has 0 spiro atoms. The number of amides is 1. The van der Waals surface area contributed by atoms with Crippen molar-refractivity contribution in [3.63, 3.8) is 0 Å². The normalized spacial score (nSPS) is 10.7. The van der Waals surface area contributed by atoms with Gasteiger partial charge in [0.15, 0.2) is 0 Å². The fourth-order valence-electron chi connectivity index (χ4n) is 1.87. The van der Waals surface area contributed by atoms with Crippen molar-refractivity contribution in [3.8, 4) is 10.6 Å². The number of benzene rings is 1. The van der Waals surface area contributed by atoms with Gasteiger partial charge < -0.3 is 5.32 Å². The molecule has 0 atom stereocenters. The minimum atomic E-state index is 0.00752. The number of aromatic nitrogens is 2. The van der Waals surface area contributed by atoms with E-state index >= 15 is 0 Å². The number of carbonyl (C=O) groups is 1. The molecule has 100 valence electrons. The van der Waals surface area contributed by atoms with Gasteiger partial charge in [-0.3, -0.25) is 4.79 Å². The van der Waals surface area contributed by atoms with Gasteiger partial charge in [0.2, 0.25) is 5.91 Å². The maximum atomic E-state index is 11.4. The molecule has 0 saturated heterocycles. The Morgan fingerprint density at radius 1 is 1.30 bits per heavy atom. The predicted octanol–water partition coefficient (Wildman–Crippen LogP) is 3.71. The van der Waals surface area contributed by atoms with Crippen LogP contribution in [0.5, 0.6) is 0 Å². The van der Waals surface area contributed by atoms with E-state index in [1.54, 1.807) is 17.5 Å². The highest BCUT2D eigenvalue weighted by Gasteiger charge is 2.08. The van der Waals surface area contributed by atoms with Crippen molar-refractivity contribution in [1.82, 2.24) is 9.97 Å². The van der Waals surface area contributed by atoms with Crippen molar-refractivity contribution in [2.45, 2.75) is 13.3 Å². The Balaban J connectivity index is 1.97. The highest BCUT2D eigenvalue weighted by molar-refractivity contribution is 7.21. The van der Waals surface area contributed by atoms with Gasteiger partial charge in [-0.15, -0.1) is 0 Å². The van der Waals surface area contributed by atoms with Crippen LogP contribution in [0.2, 0.25) is 0 Å². The molecule has 1 amide bonds. The van der Waals surface area contributed by atoms with E-state index in [0.717, 1.165) is 26.6 Å². The summed E-state index contributed by atoms with van der Waals surface area (Å²) in [5.41, 5.74) is 2.68. The summed E-state index contributed by atoms with van der Waals surface area (Å²) in [4.78, 5) is 21.2. The molecule has 4 nitrogen and oxygen atoms in total. The van der Waals surface area contributed by atoms with E-state index in [4.69, 9.17) is 0 Å². The Labute approximate surface area is 120 Å². The molecule has 2 aromatic heterocycles. The Morgan fingerprint density at radius 2 is 2.20 bits per heavy atom. The topological polar surface area (TPSA) is 54.9 Å². The number of thiazole rings is 1. The molecular formula is C15H13N3OS. The molecule has 1 aromatic carbocycles. The van der Waals surface area contributed by atoms with Crippen molar-refractivity contribution < 1.29 is 4.79 Å². The molecule has 0 aliphatic rings. The lowest BCUT2D eigenvalue weighted by molar-refractivity contribution is -0.115. The zero-order valence-electron chi connectivity index (χ0n) is 11.0. The summed E-state index contributed by atoms with van der Waals surface area (Å²) < 4.78 is 0. The Morgan fingerprint density at radius 3 is 3.00 bits per heavy atom. The fraction of sp³-hybridized carbons (Fsp3) is 0.133. The molecule has 2 heterocycles. The first kappa shape index (κ1) is 12.7. The minimum absolute atomic E-state index is 0.00752. The molecule has 0 aliphatic heterocycles. The molecule has 3 aromatic rings. The average molecular weight is 283 g/mol. The molecule has 20 heavy (non-hydrogen) atoms. The molecular weight excluding hydrogens is 270 g/mol. The van der Waals surface area contributed by atoms with Gasteiger partial charge in [0.1, 0.15) is 15.4 Å². The van der Waals surface area contributed by atoms with Gasteiger partial charge in [-0.2, -0.15) is 0 Å². The number of anilines is 1.